The molecule has 88 valence electrons. The number of esters is 1. The number of carbonyl (C=O) groups excluding carboxylic acids is 1. The van der Waals surface area contributed by atoms with Gasteiger partial charge in [0.05, 0.1) is 12.1 Å². The first-order chi connectivity index (χ1) is 8.11. The van der Waals surface area contributed by atoms with Gasteiger partial charge in [-0.25, -0.2) is 9.78 Å². The molecule has 1 heterocycles. The lowest BCUT2D eigenvalue weighted by Crippen LogP contribution is -2.00. The standard InChI is InChI=1S/C11H7BrClNO2S/c1-16-11(15)9-5-17-10(14-9)6-2-3-8(13)7(12)4-6/h2-5H,1H3. The normalized spacial score (nSPS) is 10.3. The van der Waals surface area contributed by atoms with Gasteiger partial charge in [-0.15, -0.1) is 11.3 Å². The fourth-order valence-corrected chi connectivity index (χ4v) is 2.52. The molecule has 17 heavy (non-hydrogen) atoms. The van der Waals surface area contributed by atoms with Gasteiger partial charge < -0.3 is 4.74 Å². The summed E-state index contributed by atoms with van der Waals surface area (Å²) < 4.78 is 5.40. The zero-order chi connectivity index (χ0) is 12.4. The third-order valence-electron chi connectivity index (χ3n) is 2.07. The molecule has 0 saturated carbocycles. The Morgan fingerprint density at radius 2 is 2.29 bits per heavy atom. The Morgan fingerprint density at radius 1 is 1.53 bits per heavy atom. The second-order valence-electron chi connectivity index (χ2n) is 3.16. The van der Waals surface area contributed by atoms with Crippen LogP contribution in [0, 0.1) is 0 Å². The van der Waals surface area contributed by atoms with Crippen molar-refractivity contribution in [2.75, 3.05) is 7.11 Å². The molecule has 0 fully saturated rings. The van der Waals surface area contributed by atoms with Crippen molar-refractivity contribution in [3.63, 3.8) is 0 Å². The molecule has 0 bridgehead atoms. The summed E-state index contributed by atoms with van der Waals surface area (Å²) in [5.74, 6) is -0.430. The van der Waals surface area contributed by atoms with Crippen LogP contribution < -0.4 is 0 Å². The molecule has 0 saturated heterocycles. The van der Waals surface area contributed by atoms with Crippen molar-refractivity contribution in [2.45, 2.75) is 0 Å². The predicted molar refractivity (Wildman–Crippen MR) is 71.6 cm³/mol. The van der Waals surface area contributed by atoms with E-state index in [-0.39, 0.29) is 0 Å². The molecule has 0 unspecified atom stereocenters. The first-order valence-electron chi connectivity index (χ1n) is 4.61. The summed E-state index contributed by atoms with van der Waals surface area (Å²) in [7, 11) is 1.33. The zero-order valence-corrected chi connectivity index (χ0v) is 11.9. The minimum Gasteiger partial charge on any atom is -0.464 e. The Balaban J connectivity index is 2.37. The maximum Gasteiger partial charge on any atom is 0.357 e. The lowest BCUT2D eigenvalue weighted by molar-refractivity contribution is 0.0595. The summed E-state index contributed by atoms with van der Waals surface area (Å²) >= 11 is 10.6. The van der Waals surface area contributed by atoms with E-state index in [0.717, 1.165) is 15.0 Å². The fraction of sp³-hybridized carbons (Fsp3) is 0.0909. The van der Waals surface area contributed by atoms with Crippen LogP contribution in [-0.2, 0) is 4.74 Å². The van der Waals surface area contributed by atoms with Crippen LogP contribution in [0.2, 0.25) is 5.02 Å². The van der Waals surface area contributed by atoms with Gasteiger partial charge in [0.1, 0.15) is 5.01 Å². The van der Waals surface area contributed by atoms with E-state index in [9.17, 15) is 4.79 Å². The van der Waals surface area contributed by atoms with Crippen molar-refractivity contribution < 1.29 is 9.53 Å². The highest BCUT2D eigenvalue weighted by Gasteiger charge is 2.12. The van der Waals surface area contributed by atoms with Crippen molar-refractivity contribution >= 4 is 44.8 Å². The molecule has 0 N–H and O–H groups in total. The van der Waals surface area contributed by atoms with Crippen molar-refractivity contribution in [3.8, 4) is 10.6 Å². The number of halogens is 2. The summed E-state index contributed by atoms with van der Waals surface area (Å²) in [6, 6.07) is 5.50. The molecular weight excluding hydrogens is 326 g/mol. The van der Waals surface area contributed by atoms with Crippen LogP contribution in [0.4, 0.5) is 0 Å². The number of carbonyl (C=O) groups is 1. The smallest absolute Gasteiger partial charge is 0.357 e. The Hall–Kier alpha value is -0.910. The summed E-state index contributed by atoms with van der Waals surface area (Å²) in [6.45, 7) is 0. The van der Waals surface area contributed by atoms with Crippen LogP contribution >= 0.6 is 38.9 Å². The topological polar surface area (TPSA) is 39.2 Å². The van der Waals surface area contributed by atoms with Gasteiger partial charge in [-0.1, -0.05) is 17.7 Å². The number of thiazole rings is 1. The molecule has 3 nitrogen and oxygen atoms in total. The van der Waals surface area contributed by atoms with Gasteiger partial charge in [-0.2, -0.15) is 0 Å². The molecule has 0 aliphatic carbocycles. The number of hydrogen-bond acceptors (Lipinski definition) is 4. The van der Waals surface area contributed by atoms with Crippen molar-refractivity contribution in [2.24, 2.45) is 0 Å². The minimum absolute atomic E-state index is 0.318. The second kappa shape index (κ2) is 5.16. The molecule has 0 aliphatic rings. The van der Waals surface area contributed by atoms with Crippen LogP contribution in [0.1, 0.15) is 10.5 Å². The molecule has 2 rings (SSSR count). The maximum atomic E-state index is 11.3. The van der Waals surface area contributed by atoms with Crippen LogP contribution in [0.3, 0.4) is 0 Å². The van der Waals surface area contributed by atoms with Gasteiger partial charge in [0, 0.05) is 15.4 Å². The Morgan fingerprint density at radius 3 is 2.94 bits per heavy atom. The predicted octanol–water partition coefficient (Wildman–Crippen LogP) is 4.01. The average molecular weight is 333 g/mol. The molecule has 6 heteroatoms. The van der Waals surface area contributed by atoms with Gasteiger partial charge in [0.15, 0.2) is 5.69 Å². The van der Waals surface area contributed by atoms with E-state index < -0.39 is 5.97 Å². The van der Waals surface area contributed by atoms with Crippen LogP contribution in [0.5, 0.6) is 0 Å². The highest BCUT2D eigenvalue weighted by Crippen LogP contribution is 2.30. The first kappa shape index (κ1) is 12.5. The third-order valence-corrected chi connectivity index (χ3v) is 4.17. The fourth-order valence-electron chi connectivity index (χ4n) is 1.23. The average Bonchev–Trinajstić information content (AvgIpc) is 2.81. The second-order valence-corrected chi connectivity index (χ2v) is 5.28. The summed E-state index contributed by atoms with van der Waals surface area (Å²) in [5.41, 5.74) is 1.22. The van der Waals surface area contributed by atoms with Gasteiger partial charge >= 0.3 is 5.97 Å². The Bertz CT molecular complexity index is 570. The molecule has 0 radical (unpaired) electrons. The van der Waals surface area contributed by atoms with Gasteiger partial charge in [-0.05, 0) is 28.1 Å². The van der Waals surface area contributed by atoms with E-state index in [1.165, 1.54) is 18.4 Å². The largest absolute Gasteiger partial charge is 0.464 e. The van der Waals surface area contributed by atoms with Crippen molar-refractivity contribution in [3.05, 3.63) is 38.8 Å². The Kier molecular flexibility index (Phi) is 3.81. The SMILES string of the molecule is COC(=O)c1csc(-c2ccc(Cl)c(Br)c2)n1. The lowest BCUT2D eigenvalue weighted by atomic mass is 10.2. The number of ether oxygens (including phenoxy) is 1. The number of methoxy groups -OCH3 is 1. The molecule has 1 aromatic heterocycles. The van der Waals surface area contributed by atoms with Crippen molar-refractivity contribution in [1.82, 2.24) is 4.98 Å². The number of aromatic nitrogens is 1. The molecular formula is C11H7BrClNO2S. The van der Waals surface area contributed by atoms with E-state index >= 15 is 0 Å². The van der Waals surface area contributed by atoms with E-state index in [1.807, 2.05) is 12.1 Å². The van der Waals surface area contributed by atoms with Crippen LogP contribution in [-0.4, -0.2) is 18.1 Å². The summed E-state index contributed by atoms with van der Waals surface area (Å²) in [6.07, 6.45) is 0. The molecule has 0 aliphatic heterocycles. The molecule has 0 spiro atoms. The minimum atomic E-state index is -0.430. The monoisotopic (exact) mass is 331 g/mol. The van der Waals surface area contributed by atoms with Gasteiger partial charge in [-0.3, -0.25) is 0 Å². The molecule has 1 aromatic carbocycles. The Labute approximate surface area is 116 Å². The lowest BCUT2D eigenvalue weighted by Gasteiger charge is -1.99. The molecule has 0 amide bonds. The molecule has 0 atom stereocenters. The highest BCUT2D eigenvalue weighted by molar-refractivity contribution is 9.10. The van der Waals surface area contributed by atoms with E-state index in [2.05, 4.69) is 25.7 Å². The summed E-state index contributed by atoms with van der Waals surface area (Å²) in [4.78, 5) is 15.5. The number of nitrogens with zero attached hydrogens (tertiary/aromatic N) is 1. The van der Waals surface area contributed by atoms with Gasteiger partial charge in [0.25, 0.3) is 0 Å². The van der Waals surface area contributed by atoms with E-state index in [4.69, 9.17) is 11.6 Å². The zero-order valence-electron chi connectivity index (χ0n) is 8.74. The number of benzene rings is 1. The maximum absolute atomic E-state index is 11.3. The van der Waals surface area contributed by atoms with Crippen molar-refractivity contribution in [1.29, 1.82) is 0 Å². The number of hydrogen-bond donors (Lipinski definition) is 0. The van der Waals surface area contributed by atoms with E-state index in [0.29, 0.717) is 10.7 Å². The van der Waals surface area contributed by atoms with E-state index in [1.54, 1.807) is 11.4 Å². The summed E-state index contributed by atoms with van der Waals surface area (Å²) in [5, 5.41) is 3.06. The highest BCUT2D eigenvalue weighted by atomic mass is 79.9. The van der Waals surface area contributed by atoms with Crippen LogP contribution in [0.25, 0.3) is 10.6 Å². The van der Waals surface area contributed by atoms with Crippen LogP contribution in [0.15, 0.2) is 28.1 Å². The third kappa shape index (κ3) is 2.68. The van der Waals surface area contributed by atoms with Gasteiger partial charge in [0.2, 0.25) is 0 Å². The first-order valence-corrected chi connectivity index (χ1v) is 6.66. The quantitative estimate of drug-likeness (QED) is 0.780. The number of rotatable bonds is 2. The molecule has 2 aromatic rings.